The van der Waals surface area contributed by atoms with Crippen LogP contribution in [0.4, 0.5) is 0 Å². The highest BCUT2D eigenvalue weighted by atomic mass is 16.2. The monoisotopic (exact) mass is 233 g/mol. The molecule has 0 aromatic carbocycles. The molecule has 0 aliphatic carbocycles. The first-order valence-corrected chi connectivity index (χ1v) is 6.50. The molecule has 1 N–H and O–H groups in total. The van der Waals surface area contributed by atoms with E-state index in [1.165, 1.54) is 11.4 Å². The van der Waals surface area contributed by atoms with E-state index in [4.69, 9.17) is 0 Å². The minimum atomic E-state index is 0.305. The Balaban J connectivity index is 1.55. The van der Waals surface area contributed by atoms with Crippen LogP contribution < -0.4 is 5.32 Å². The number of piperazine rings is 1. The van der Waals surface area contributed by atoms with Crippen LogP contribution in [0.15, 0.2) is 12.1 Å². The molecule has 3 rings (SSSR count). The number of hydrogen-bond donors (Lipinski definition) is 1. The SMILES string of the molecule is O=C(CCn1c2ccc1CC2)N1CCNCC1. The molecule has 2 aliphatic heterocycles. The van der Waals surface area contributed by atoms with Crippen LogP contribution in [-0.2, 0) is 24.2 Å². The Labute approximate surface area is 102 Å². The minimum Gasteiger partial charge on any atom is -0.348 e. The fourth-order valence-corrected chi connectivity index (χ4v) is 2.82. The van der Waals surface area contributed by atoms with Crippen LogP contribution in [0.2, 0.25) is 0 Å². The smallest absolute Gasteiger partial charge is 0.224 e. The Bertz CT molecular complexity index is 397. The van der Waals surface area contributed by atoms with Crippen molar-refractivity contribution in [3.63, 3.8) is 0 Å². The fourth-order valence-electron chi connectivity index (χ4n) is 2.82. The third kappa shape index (κ3) is 2.09. The van der Waals surface area contributed by atoms with Gasteiger partial charge in [0.25, 0.3) is 0 Å². The van der Waals surface area contributed by atoms with Crippen molar-refractivity contribution in [2.45, 2.75) is 25.8 Å². The molecular formula is C13H19N3O. The molecule has 4 nitrogen and oxygen atoms in total. The number of fused-ring (bicyclic) bond motifs is 2. The van der Waals surface area contributed by atoms with Crippen LogP contribution in [-0.4, -0.2) is 41.6 Å². The van der Waals surface area contributed by atoms with E-state index in [0.29, 0.717) is 12.3 Å². The molecule has 1 amide bonds. The summed E-state index contributed by atoms with van der Waals surface area (Å²) in [7, 11) is 0. The molecule has 0 radical (unpaired) electrons. The average Bonchev–Trinajstić information content (AvgIpc) is 2.96. The summed E-state index contributed by atoms with van der Waals surface area (Å²) >= 11 is 0. The molecule has 1 fully saturated rings. The highest BCUT2D eigenvalue weighted by Gasteiger charge is 2.19. The standard InChI is InChI=1S/C13H19N3O/c17-13(15-9-6-14-7-10-15)5-8-16-11-1-2-12(16)4-3-11/h1-2,14H,3-10H2. The van der Waals surface area contributed by atoms with Gasteiger partial charge in [-0.05, 0) is 25.0 Å². The molecule has 0 atom stereocenters. The molecule has 0 spiro atoms. The molecule has 17 heavy (non-hydrogen) atoms. The number of amides is 1. The van der Waals surface area contributed by atoms with Gasteiger partial charge in [0.15, 0.2) is 0 Å². The highest BCUT2D eigenvalue weighted by Crippen LogP contribution is 2.20. The van der Waals surface area contributed by atoms with Gasteiger partial charge in [-0.15, -0.1) is 0 Å². The summed E-state index contributed by atoms with van der Waals surface area (Å²) in [5.74, 6) is 0.305. The number of nitrogens with zero attached hydrogens (tertiary/aromatic N) is 2. The van der Waals surface area contributed by atoms with Crippen LogP contribution in [0.1, 0.15) is 17.8 Å². The number of hydrogen-bond acceptors (Lipinski definition) is 2. The molecule has 0 unspecified atom stereocenters. The molecule has 92 valence electrons. The number of rotatable bonds is 3. The van der Waals surface area contributed by atoms with Crippen LogP contribution in [0.25, 0.3) is 0 Å². The quantitative estimate of drug-likeness (QED) is 0.821. The summed E-state index contributed by atoms with van der Waals surface area (Å²) in [6.45, 7) is 4.46. The topological polar surface area (TPSA) is 37.3 Å². The number of carbonyl (C=O) groups excluding carboxylic acids is 1. The molecule has 1 aromatic rings. The number of carbonyl (C=O) groups is 1. The summed E-state index contributed by atoms with van der Waals surface area (Å²) in [6.07, 6.45) is 2.97. The van der Waals surface area contributed by atoms with Crippen LogP contribution in [0.5, 0.6) is 0 Å². The zero-order chi connectivity index (χ0) is 11.7. The molecule has 2 bridgehead atoms. The van der Waals surface area contributed by atoms with Gasteiger partial charge >= 0.3 is 0 Å². The first-order chi connectivity index (χ1) is 8.34. The van der Waals surface area contributed by atoms with Crippen molar-refractivity contribution in [1.82, 2.24) is 14.8 Å². The Morgan fingerprint density at radius 1 is 1.18 bits per heavy atom. The fraction of sp³-hybridized carbons (Fsp3) is 0.615. The van der Waals surface area contributed by atoms with Gasteiger partial charge in [-0.25, -0.2) is 0 Å². The van der Waals surface area contributed by atoms with Gasteiger partial charge in [0.1, 0.15) is 0 Å². The lowest BCUT2D eigenvalue weighted by atomic mass is 10.2. The van der Waals surface area contributed by atoms with Crippen LogP contribution in [0.3, 0.4) is 0 Å². The predicted molar refractivity (Wildman–Crippen MR) is 65.9 cm³/mol. The first-order valence-electron chi connectivity index (χ1n) is 6.50. The number of aryl methyl sites for hydroxylation is 2. The van der Waals surface area contributed by atoms with E-state index < -0.39 is 0 Å². The Hall–Kier alpha value is -1.29. The zero-order valence-electron chi connectivity index (χ0n) is 10.1. The second-order valence-electron chi connectivity index (χ2n) is 4.85. The maximum absolute atomic E-state index is 12.0. The Morgan fingerprint density at radius 2 is 1.82 bits per heavy atom. The minimum absolute atomic E-state index is 0.305. The van der Waals surface area contributed by atoms with E-state index in [1.54, 1.807) is 0 Å². The second kappa shape index (κ2) is 4.53. The lowest BCUT2D eigenvalue weighted by Gasteiger charge is -2.27. The lowest BCUT2D eigenvalue weighted by Crippen LogP contribution is -2.46. The van der Waals surface area contributed by atoms with E-state index in [-0.39, 0.29) is 0 Å². The van der Waals surface area contributed by atoms with E-state index in [2.05, 4.69) is 22.0 Å². The Kier molecular flexibility index (Phi) is 2.89. The summed E-state index contributed by atoms with van der Waals surface area (Å²) < 4.78 is 2.32. The van der Waals surface area contributed by atoms with Crippen molar-refractivity contribution < 1.29 is 4.79 Å². The molecule has 1 aromatic heterocycles. The van der Waals surface area contributed by atoms with E-state index >= 15 is 0 Å². The normalized spacial score (nSPS) is 18.7. The van der Waals surface area contributed by atoms with Gasteiger partial charge < -0.3 is 14.8 Å². The third-order valence-corrected chi connectivity index (χ3v) is 3.82. The maximum Gasteiger partial charge on any atom is 0.224 e. The van der Waals surface area contributed by atoms with Crippen molar-refractivity contribution in [3.8, 4) is 0 Å². The van der Waals surface area contributed by atoms with Gasteiger partial charge in [0.2, 0.25) is 5.91 Å². The second-order valence-corrected chi connectivity index (χ2v) is 4.85. The predicted octanol–water partition coefficient (Wildman–Crippen LogP) is 0.409. The van der Waals surface area contributed by atoms with Crippen LogP contribution >= 0.6 is 0 Å². The number of nitrogens with one attached hydrogen (secondary N) is 1. The average molecular weight is 233 g/mol. The maximum atomic E-state index is 12.0. The largest absolute Gasteiger partial charge is 0.348 e. The van der Waals surface area contributed by atoms with Crippen molar-refractivity contribution >= 4 is 5.91 Å². The molecular weight excluding hydrogens is 214 g/mol. The number of aromatic nitrogens is 1. The molecule has 1 saturated heterocycles. The lowest BCUT2D eigenvalue weighted by molar-refractivity contribution is -0.132. The summed E-state index contributed by atoms with van der Waals surface area (Å²) in [5, 5.41) is 3.27. The van der Waals surface area contributed by atoms with Crippen molar-refractivity contribution in [2.24, 2.45) is 0 Å². The summed E-state index contributed by atoms with van der Waals surface area (Å²) in [6, 6.07) is 4.38. The third-order valence-electron chi connectivity index (χ3n) is 3.82. The van der Waals surface area contributed by atoms with Crippen molar-refractivity contribution in [1.29, 1.82) is 0 Å². The van der Waals surface area contributed by atoms with Gasteiger partial charge in [0, 0.05) is 50.5 Å². The van der Waals surface area contributed by atoms with Gasteiger partial charge in [-0.2, -0.15) is 0 Å². The molecule has 0 saturated carbocycles. The molecule has 3 heterocycles. The van der Waals surface area contributed by atoms with Gasteiger partial charge in [0.05, 0.1) is 0 Å². The Morgan fingerprint density at radius 3 is 2.41 bits per heavy atom. The van der Waals surface area contributed by atoms with E-state index in [9.17, 15) is 4.79 Å². The van der Waals surface area contributed by atoms with Crippen molar-refractivity contribution in [2.75, 3.05) is 26.2 Å². The van der Waals surface area contributed by atoms with Crippen molar-refractivity contribution in [3.05, 3.63) is 23.5 Å². The first kappa shape index (κ1) is 10.8. The summed E-state index contributed by atoms with van der Waals surface area (Å²) in [5.41, 5.74) is 2.79. The van der Waals surface area contributed by atoms with Gasteiger partial charge in [-0.1, -0.05) is 0 Å². The zero-order valence-corrected chi connectivity index (χ0v) is 10.1. The summed E-state index contributed by atoms with van der Waals surface area (Å²) in [4.78, 5) is 14.0. The molecule has 4 heteroatoms. The van der Waals surface area contributed by atoms with E-state index in [1.807, 2.05) is 4.90 Å². The van der Waals surface area contributed by atoms with Crippen LogP contribution in [0, 0.1) is 0 Å². The molecule has 2 aliphatic rings. The van der Waals surface area contributed by atoms with Gasteiger partial charge in [-0.3, -0.25) is 4.79 Å². The van der Waals surface area contributed by atoms with E-state index in [0.717, 1.165) is 45.6 Å². The highest BCUT2D eigenvalue weighted by molar-refractivity contribution is 5.76.